The molecule has 0 radical (unpaired) electrons. The number of likely N-dealkylation sites (tertiary alicyclic amines) is 1. The molecule has 8 nitrogen and oxygen atoms in total. The van der Waals surface area contributed by atoms with Gasteiger partial charge in [-0.3, -0.25) is 4.79 Å². The van der Waals surface area contributed by atoms with Crippen molar-refractivity contribution in [2.45, 2.75) is 38.6 Å². The summed E-state index contributed by atoms with van der Waals surface area (Å²) in [6.45, 7) is 2.37. The Balaban J connectivity index is 1.62. The van der Waals surface area contributed by atoms with E-state index in [4.69, 9.17) is 13.5 Å². The molecule has 130 valence electrons. The lowest BCUT2D eigenvalue weighted by atomic mass is 10.1. The molecule has 1 aliphatic heterocycles. The van der Waals surface area contributed by atoms with Crippen LogP contribution in [0.15, 0.2) is 37.9 Å². The SMILES string of the molecule is Cc1nc(C2CCCCCN2C(=O)c2cc(-c3ccco3)on2)no1. The molecule has 4 rings (SSSR count). The van der Waals surface area contributed by atoms with Gasteiger partial charge in [0.1, 0.15) is 0 Å². The number of carbonyl (C=O) groups excluding carboxylic acids is 1. The molecule has 1 unspecified atom stereocenters. The molecule has 1 amide bonds. The predicted molar refractivity (Wildman–Crippen MR) is 85.5 cm³/mol. The highest BCUT2D eigenvalue weighted by Gasteiger charge is 2.32. The molecular weight excluding hydrogens is 324 g/mol. The van der Waals surface area contributed by atoms with E-state index in [1.54, 1.807) is 36.3 Å². The van der Waals surface area contributed by atoms with Crippen molar-refractivity contribution in [2.24, 2.45) is 0 Å². The smallest absolute Gasteiger partial charge is 0.276 e. The van der Waals surface area contributed by atoms with E-state index in [9.17, 15) is 4.79 Å². The van der Waals surface area contributed by atoms with Crippen LogP contribution in [-0.4, -0.2) is 32.6 Å². The van der Waals surface area contributed by atoms with E-state index in [0.717, 1.165) is 25.7 Å². The summed E-state index contributed by atoms with van der Waals surface area (Å²) in [6.07, 6.45) is 5.35. The second-order valence-corrected chi connectivity index (χ2v) is 6.09. The fourth-order valence-electron chi connectivity index (χ4n) is 3.13. The maximum atomic E-state index is 13.0. The average Bonchev–Trinajstić information content (AvgIpc) is 3.33. The predicted octanol–water partition coefficient (Wildman–Crippen LogP) is 3.38. The molecule has 3 aromatic rings. The lowest BCUT2D eigenvalue weighted by Gasteiger charge is -2.26. The van der Waals surface area contributed by atoms with Gasteiger partial charge in [-0.25, -0.2) is 0 Å². The summed E-state index contributed by atoms with van der Waals surface area (Å²) in [5, 5.41) is 7.94. The molecule has 0 aromatic carbocycles. The van der Waals surface area contributed by atoms with Gasteiger partial charge in [0.15, 0.2) is 17.3 Å². The summed E-state index contributed by atoms with van der Waals surface area (Å²) in [5.74, 6) is 1.80. The molecule has 4 heterocycles. The molecule has 8 heteroatoms. The van der Waals surface area contributed by atoms with Crippen molar-refractivity contribution in [3.8, 4) is 11.5 Å². The molecule has 0 aliphatic carbocycles. The van der Waals surface area contributed by atoms with E-state index in [2.05, 4.69) is 15.3 Å². The van der Waals surface area contributed by atoms with Crippen molar-refractivity contribution in [3.63, 3.8) is 0 Å². The number of amides is 1. The first kappa shape index (κ1) is 15.6. The summed E-state index contributed by atoms with van der Waals surface area (Å²) in [5.41, 5.74) is 0.249. The number of carbonyl (C=O) groups is 1. The van der Waals surface area contributed by atoms with Gasteiger partial charge in [-0.1, -0.05) is 23.2 Å². The Hall–Kier alpha value is -2.90. The number of rotatable bonds is 3. The average molecular weight is 342 g/mol. The van der Waals surface area contributed by atoms with Crippen LogP contribution in [0.3, 0.4) is 0 Å². The normalized spacial score (nSPS) is 18.3. The Morgan fingerprint density at radius 1 is 1.20 bits per heavy atom. The number of nitrogens with zero attached hydrogens (tertiary/aromatic N) is 4. The summed E-state index contributed by atoms with van der Waals surface area (Å²) in [6, 6.07) is 4.90. The van der Waals surface area contributed by atoms with Crippen molar-refractivity contribution in [1.29, 1.82) is 0 Å². The third-order valence-corrected chi connectivity index (χ3v) is 4.35. The van der Waals surface area contributed by atoms with Crippen molar-refractivity contribution < 1.29 is 18.3 Å². The minimum atomic E-state index is -0.212. The zero-order valence-electron chi connectivity index (χ0n) is 13.8. The molecule has 0 saturated carbocycles. The summed E-state index contributed by atoms with van der Waals surface area (Å²) in [4.78, 5) is 19.1. The fraction of sp³-hybridized carbons (Fsp3) is 0.412. The molecule has 0 bridgehead atoms. The first-order valence-electron chi connectivity index (χ1n) is 8.34. The van der Waals surface area contributed by atoms with Crippen molar-refractivity contribution in [3.05, 3.63) is 41.9 Å². The standard InChI is InChI=1S/C17H18N4O4/c1-11-18-16(20-24-11)13-6-3-2-4-8-21(13)17(22)12-10-15(25-19-12)14-7-5-9-23-14/h5,7,9-10,13H,2-4,6,8H2,1H3. The van der Waals surface area contributed by atoms with Crippen LogP contribution in [0, 0.1) is 6.92 Å². The number of aryl methyl sites for hydroxylation is 1. The number of hydrogen-bond acceptors (Lipinski definition) is 7. The van der Waals surface area contributed by atoms with Crippen LogP contribution in [0.2, 0.25) is 0 Å². The molecule has 1 saturated heterocycles. The van der Waals surface area contributed by atoms with Crippen LogP contribution < -0.4 is 0 Å². The van der Waals surface area contributed by atoms with Gasteiger partial charge >= 0.3 is 0 Å². The first-order chi connectivity index (χ1) is 12.2. The van der Waals surface area contributed by atoms with Crippen molar-refractivity contribution >= 4 is 5.91 Å². The second-order valence-electron chi connectivity index (χ2n) is 6.09. The van der Waals surface area contributed by atoms with Crippen LogP contribution in [0.5, 0.6) is 0 Å². The van der Waals surface area contributed by atoms with Crippen LogP contribution in [-0.2, 0) is 0 Å². The topological polar surface area (TPSA) is 98.4 Å². The van der Waals surface area contributed by atoms with Gasteiger partial charge in [-0.2, -0.15) is 4.98 Å². The van der Waals surface area contributed by atoms with E-state index in [1.165, 1.54) is 0 Å². The molecule has 0 N–H and O–H groups in total. The Morgan fingerprint density at radius 3 is 2.88 bits per heavy atom. The monoisotopic (exact) mass is 342 g/mol. The molecular formula is C17H18N4O4. The first-order valence-corrected chi connectivity index (χ1v) is 8.34. The minimum Gasteiger partial charge on any atom is -0.461 e. The van der Waals surface area contributed by atoms with Gasteiger partial charge in [-0.15, -0.1) is 0 Å². The molecule has 1 fully saturated rings. The fourth-order valence-corrected chi connectivity index (χ4v) is 3.13. The van der Waals surface area contributed by atoms with Gasteiger partial charge in [0.2, 0.25) is 11.7 Å². The van der Waals surface area contributed by atoms with Gasteiger partial charge < -0.3 is 18.4 Å². The maximum absolute atomic E-state index is 13.0. The largest absolute Gasteiger partial charge is 0.461 e. The summed E-state index contributed by atoms with van der Waals surface area (Å²) >= 11 is 0. The van der Waals surface area contributed by atoms with Crippen LogP contribution >= 0.6 is 0 Å². The van der Waals surface area contributed by atoms with Gasteiger partial charge in [0, 0.05) is 19.5 Å². The number of furan rings is 1. The summed E-state index contributed by atoms with van der Waals surface area (Å²) < 4.78 is 15.6. The second kappa shape index (κ2) is 6.54. The van der Waals surface area contributed by atoms with Crippen molar-refractivity contribution in [1.82, 2.24) is 20.2 Å². The Labute approximate surface area is 143 Å². The van der Waals surface area contributed by atoms with Gasteiger partial charge in [0.05, 0.1) is 12.3 Å². The van der Waals surface area contributed by atoms with E-state index in [1.807, 2.05) is 0 Å². The molecule has 25 heavy (non-hydrogen) atoms. The molecule has 1 aliphatic rings. The lowest BCUT2D eigenvalue weighted by molar-refractivity contribution is 0.0660. The van der Waals surface area contributed by atoms with E-state index in [0.29, 0.717) is 29.8 Å². The number of aromatic nitrogens is 3. The molecule has 3 aromatic heterocycles. The highest BCUT2D eigenvalue weighted by Crippen LogP contribution is 2.30. The van der Waals surface area contributed by atoms with E-state index >= 15 is 0 Å². The Bertz CT molecular complexity index is 852. The molecule has 1 atom stereocenters. The van der Waals surface area contributed by atoms with Crippen LogP contribution in [0.4, 0.5) is 0 Å². The Morgan fingerprint density at radius 2 is 2.12 bits per heavy atom. The molecule has 0 spiro atoms. The minimum absolute atomic E-state index is 0.198. The zero-order chi connectivity index (χ0) is 17.2. The van der Waals surface area contributed by atoms with Crippen molar-refractivity contribution in [2.75, 3.05) is 6.54 Å². The van der Waals surface area contributed by atoms with Crippen LogP contribution in [0.25, 0.3) is 11.5 Å². The Kier molecular flexibility index (Phi) is 4.09. The van der Waals surface area contributed by atoms with E-state index in [-0.39, 0.29) is 17.6 Å². The quantitative estimate of drug-likeness (QED) is 0.719. The lowest BCUT2D eigenvalue weighted by Crippen LogP contribution is -2.35. The van der Waals surface area contributed by atoms with Gasteiger partial charge in [0.25, 0.3) is 5.91 Å². The highest BCUT2D eigenvalue weighted by atomic mass is 16.5. The maximum Gasteiger partial charge on any atom is 0.276 e. The number of hydrogen-bond donors (Lipinski definition) is 0. The van der Waals surface area contributed by atoms with E-state index < -0.39 is 0 Å². The van der Waals surface area contributed by atoms with Gasteiger partial charge in [-0.05, 0) is 25.0 Å². The van der Waals surface area contributed by atoms with Crippen LogP contribution in [0.1, 0.15) is 53.9 Å². The summed E-state index contributed by atoms with van der Waals surface area (Å²) in [7, 11) is 0. The zero-order valence-corrected chi connectivity index (χ0v) is 13.8. The third-order valence-electron chi connectivity index (χ3n) is 4.35. The third kappa shape index (κ3) is 3.07. The highest BCUT2D eigenvalue weighted by molar-refractivity contribution is 5.93.